The van der Waals surface area contributed by atoms with Crippen LogP contribution < -0.4 is 0 Å². The van der Waals surface area contributed by atoms with Crippen molar-refractivity contribution in [2.75, 3.05) is 6.54 Å². The van der Waals surface area contributed by atoms with Crippen LogP contribution in [0.3, 0.4) is 0 Å². The number of amides is 2. The van der Waals surface area contributed by atoms with Gasteiger partial charge < -0.3 is 5.11 Å². The molecule has 19 heavy (non-hydrogen) atoms. The molecule has 1 aromatic carbocycles. The Morgan fingerprint density at radius 2 is 1.74 bits per heavy atom. The van der Waals surface area contributed by atoms with Crippen LogP contribution in [-0.2, 0) is 9.59 Å². The van der Waals surface area contributed by atoms with E-state index in [2.05, 4.69) is 0 Å². The number of aliphatic hydroxyl groups is 1. The summed E-state index contributed by atoms with van der Waals surface area (Å²) in [4.78, 5) is 24.3. The normalized spacial score (nSPS) is 26.6. The summed E-state index contributed by atoms with van der Waals surface area (Å²) in [5, 5.41) is 9.85. The van der Waals surface area contributed by atoms with E-state index < -0.39 is 29.8 Å². The summed E-state index contributed by atoms with van der Waals surface area (Å²) in [6, 6.07) is 3.22. The summed E-state index contributed by atoms with van der Waals surface area (Å²) >= 11 is 0. The quantitative estimate of drug-likeness (QED) is 0.831. The molecule has 1 saturated heterocycles. The third-order valence-electron chi connectivity index (χ3n) is 3.65. The van der Waals surface area contributed by atoms with Crippen LogP contribution in [0, 0.1) is 23.5 Å². The second-order valence-corrected chi connectivity index (χ2v) is 4.89. The van der Waals surface area contributed by atoms with Gasteiger partial charge in [-0.15, -0.1) is 0 Å². The van der Waals surface area contributed by atoms with Gasteiger partial charge in [-0.3, -0.25) is 14.5 Å². The van der Waals surface area contributed by atoms with Crippen LogP contribution in [0.4, 0.5) is 8.78 Å². The van der Waals surface area contributed by atoms with Crippen molar-refractivity contribution in [3.63, 3.8) is 0 Å². The Kier molecular flexibility index (Phi) is 2.63. The standard InChI is InChI=1S/C13H11F2NO3/c14-8-2-1-3-9(15)11(8)10(17)5-16-12(18)6-4-7(6)13(16)19/h1-3,6-7,10,17H,4-5H2. The lowest BCUT2D eigenvalue weighted by Gasteiger charge is -2.21. The van der Waals surface area contributed by atoms with E-state index in [1.54, 1.807) is 0 Å². The first kappa shape index (κ1) is 12.2. The van der Waals surface area contributed by atoms with Gasteiger partial charge in [-0.2, -0.15) is 0 Å². The van der Waals surface area contributed by atoms with Gasteiger partial charge in [0, 0.05) is 0 Å². The minimum atomic E-state index is -1.55. The van der Waals surface area contributed by atoms with E-state index in [9.17, 15) is 23.5 Å². The SMILES string of the molecule is O=C1C2CC2C(=O)N1CC(O)c1c(F)cccc1F. The number of piperidine rings is 1. The molecule has 2 amide bonds. The maximum Gasteiger partial charge on any atom is 0.233 e. The van der Waals surface area contributed by atoms with E-state index in [0.717, 1.165) is 17.0 Å². The van der Waals surface area contributed by atoms with Crippen molar-refractivity contribution >= 4 is 11.8 Å². The zero-order chi connectivity index (χ0) is 13.7. The second-order valence-electron chi connectivity index (χ2n) is 4.89. The number of aliphatic hydroxyl groups excluding tert-OH is 1. The summed E-state index contributed by atoms with van der Waals surface area (Å²) in [7, 11) is 0. The number of benzene rings is 1. The Bertz CT molecular complexity index is 535. The van der Waals surface area contributed by atoms with Gasteiger partial charge >= 0.3 is 0 Å². The van der Waals surface area contributed by atoms with Crippen LogP contribution in [0.2, 0.25) is 0 Å². The van der Waals surface area contributed by atoms with Gasteiger partial charge in [0.2, 0.25) is 11.8 Å². The van der Waals surface area contributed by atoms with E-state index >= 15 is 0 Å². The smallest absolute Gasteiger partial charge is 0.233 e. The molecule has 0 bridgehead atoms. The predicted octanol–water partition coefficient (Wildman–Crippen LogP) is 1.00. The molecule has 2 fully saturated rings. The largest absolute Gasteiger partial charge is 0.386 e. The molecule has 3 unspecified atom stereocenters. The monoisotopic (exact) mass is 267 g/mol. The van der Waals surface area contributed by atoms with Gasteiger partial charge in [0.1, 0.15) is 17.7 Å². The molecule has 0 spiro atoms. The lowest BCUT2D eigenvalue weighted by Crippen LogP contribution is -2.36. The number of carbonyl (C=O) groups excluding carboxylic acids is 2. The van der Waals surface area contributed by atoms with E-state index in [1.807, 2.05) is 0 Å². The van der Waals surface area contributed by atoms with Gasteiger partial charge in [0.25, 0.3) is 0 Å². The molecular weight excluding hydrogens is 256 g/mol. The fourth-order valence-corrected chi connectivity index (χ4v) is 2.52. The van der Waals surface area contributed by atoms with Crippen molar-refractivity contribution in [3.8, 4) is 0 Å². The van der Waals surface area contributed by atoms with Crippen molar-refractivity contribution in [2.24, 2.45) is 11.8 Å². The second kappa shape index (κ2) is 4.09. The summed E-state index contributed by atoms with van der Waals surface area (Å²) in [5.74, 6) is -3.07. The maximum atomic E-state index is 13.5. The topological polar surface area (TPSA) is 57.6 Å². The average Bonchev–Trinajstić information content (AvgIpc) is 3.10. The number of fused-ring (bicyclic) bond motifs is 1. The molecule has 0 aromatic heterocycles. The Morgan fingerprint density at radius 1 is 1.21 bits per heavy atom. The van der Waals surface area contributed by atoms with Crippen LogP contribution in [0.1, 0.15) is 18.1 Å². The highest BCUT2D eigenvalue weighted by molar-refractivity contribution is 6.08. The molecule has 1 N–H and O–H groups in total. The van der Waals surface area contributed by atoms with Crippen LogP contribution in [0.15, 0.2) is 18.2 Å². The molecule has 4 nitrogen and oxygen atoms in total. The minimum Gasteiger partial charge on any atom is -0.386 e. The van der Waals surface area contributed by atoms with E-state index in [4.69, 9.17) is 0 Å². The zero-order valence-electron chi connectivity index (χ0n) is 9.85. The molecule has 1 heterocycles. The lowest BCUT2D eigenvalue weighted by molar-refractivity contribution is -0.143. The number of rotatable bonds is 3. The summed E-state index contributed by atoms with van der Waals surface area (Å²) in [6.45, 7) is -0.400. The molecule has 6 heteroatoms. The third-order valence-corrected chi connectivity index (χ3v) is 3.65. The third kappa shape index (κ3) is 1.83. The highest BCUT2D eigenvalue weighted by Gasteiger charge is 2.59. The van der Waals surface area contributed by atoms with Crippen molar-refractivity contribution in [2.45, 2.75) is 12.5 Å². The maximum absolute atomic E-state index is 13.5. The number of carbonyl (C=O) groups is 2. The first-order valence-corrected chi connectivity index (χ1v) is 5.98. The fraction of sp³-hybridized carbons (Fsp3) is 0.385. The molecule has 2 aliphatic rings. The van der Waals surface area contributed by atoms with Gasteiger partial charge in [-0.05, 0) is 18.6 Å². The first-order chi connectivity index (χ1) is 9.00. The lowest BCUT2D eigenvalue weighted by atomic mass is 10.1. The molecule has 3 rings (SSSR count). The highest BCUT2D eigenvalue weighted by Crippen LogP contribution is 2.47. The Labute approximate surface area is 107 Å². The molecule has 100 valence electrons. The summed E-state index contributed by atoms with van der Waals surface area (Å²) in [5.41, 5.74) is -0.510. The van der Waals surface area contributed by atoms with Gasteiger partial charge in [0.15, 0.2) is 0 Å². The molecule has 0 radical (unpaired) electrons. The number of hydrogen-bond donors (Lipinski definition) is 1. The summed E-state index contributed by atoms with van der Waals surface area (Å²) < 4.78 is 26.9. The first-order valence-electron chi connectivity index (χ1n) is 5.98. The zero-order valence-corrected chi connectivity index (χ0v) is 9.85. The number of halogens is 2. The van der Waals surface area contributed by atoms with E-state index in [0.29, 0.717) is 6.42 Å². The molecule has 1 aliphatic heterocycles. The minimum absolute atomic E-state index is 0.287. The van der Waals surface area contributed by atoms with Crippen LogP contribution >= 0.6 is 0 Å². The number of imide groups is 1. The van der Waals surface area contributed by atoms with Crippen molar-refractivity contribution in [3.05, 3.63) is 35.4 Å². The van der Waals surface area contributed by atoms with E-state index in [1.165, 1.54) is 6.07 Å². The van der Waals surface area contributed by atoms with E-state index in [-0.39, 0.29) is 23.7 Å². The number of β-amino-alcohol motifs (C(OH)–C–C–N with tert-alkyl or cyclic N) is 1. The molecule has 1 saturated carbocycles. The molecule has 3 atom stereocenters. The number of likely N-dealkylation sites (tertiary alicyclic amines) is 1. The van der Waals surface area contributed by atoms with Crippen LogP contribution in [0.25, 0.3) is 0 Å². The fourth-order valence-electron chi connectivity index (χ4n) is 2.52. The Hall–Kier alpha value is -1.82. The van der Waals surface area contributed by atoms with Crippen molar-refractivity contribution in [1.29, 1.82) is 0 Å². The van der Waals surface area contributed by atoms with Gasteiger partial charge in [0.05, 0.1) is 23.9 Å². The van der Waals surface area contributed by atoms with Crippen LogP contribution in [-0.4, -0.2) is 28.4 Å². The van der Waals surface area contributed by atoms with Crippen molar-refractivity contribution in [1.82, 2.24) is 4.90 Å². The molecular formula is C13H11F2NO3. The van der Waals surface area contributed by atoms with Gasteiger partial charge in [-0.1, -0.05) is 6.07 Å². The summed E-state index contributed by atoms with van der Waals surface area (Å²) in [6.07, 6.45) is -0.996. The Balaban J connectivity index is 1.80. The van der Waals surface area contributed by atoms with Crippen molar-refractivity contribution < 1.29 is 23.5 Å². The predicted molar refractivity (Wildman–Crippen MR) is 59.6 cm³/mol. The van der Waals surface area contributed by atoms with Crippen LogP contribution in [0.5, 0.6) is 0 Å². The number of hydrogen-bond acceptors (Lipinski definition) is 3. The Morgan fingerprint density at radius 3 is 2.26 bits per heavy atom. The molecule has 1 aliphatic carbocycles. The highest BCUT2D eigenvalue weighted by atomic mass is 19.1. The average molecular weight is 267 g/mol. The number of nitrogens with zero attached hydrogens (tertiary/aromatic N) is 1. The molecule has 1 aromatic rings. The van der Waals surface area contributed by atoms with Gasteiger partial charge in [-0.25, -0.2) is 8.78 Å².